The van der Waals surface area contributed by atoms with Crippen molar-refractivity contribution in [1.29, 1.82) is 0 Å². The summed E-state index contributed by atoms with van der Waals surface area (Å²) in [5, 5.41) is 1.16. The molecule has 3 rings (SSSR count). The number of unbranched alkanes of at least 4 members (excludes halogenated alkanes) is 1. The normalized spacial score (nSPS) is 22.8. The number of fused-ring (bicyclic) bond motifs is 1. The average Bonchev–Trinajstić information content (AvgIpc) is 2.89. The summed E-state index contributed by atoms with van der Waals surface area (Å²) >= 11 is 12.1. The number of halogens is 2. The first-order valence-electron chi connectivity index (χ1n) is 8.02. The molecule has 1 fully saturated rings. The molecule has 114 valence electrons. The van der Waals surface area contributed by atoms with E-state index in [4.69, 9.17) is 28.2 Å². The van der Waals surface area contributed by atoms with Crippen molar-refractivity contribution in [2.45, 2.75) is 57.8 Å². The Kier molecular flexibility index (Phi) is 4.75. The highest BCUT2D eigenvalue weighted by atomic mass is 35.5. The molecule has 0 bridgehead atoms. The van der Waals surface area contributed by atoms with Gasteiger partial charge >= 0.3 is 0 Å². The zero-order chi connectivity index (χ0) is 14.8. The van der Waals surface area contributed by atoms with E-state index in [2.05, 4.69) is 11.9 Å². The summed E-state index contributed by atoms with van der Waals surface area (Å²) in [4.78, 5) is 8.16. The van der Waals surface area contributed by atoms with Crippen LogP contribution in [-0.4, -0.2) is 9.97 Å². The highest BCUT2D eigenvalue weighted by molar-refractivity contribution is 6.42. The zero-order valence-corrected chi connectivity index (χ0v) is 14.0. The summed E-state index contributed by atoms with van der Waals surface area (Å²) in [5.74, 6) is 2.60. The summed E-state index contributed by atoms with van der Waals surface area (Å²) in [6, 6.07) is 3.73. The van der Waals surface area contributed by atoms with Gasteiger partial charge in [-0.2, -0.15) is 0 Å². The number of hydrogen-bond acceptors (Lipinski definition) is 1. The van der Waals surface area contributed by atoms with Gasteiger partial charge in [0.05, 0.1) is 21.1 Å². The van der Waals surface area contributed by atoms with E-state index in [9.17, 15) is 0 Å². The second-order valence-corrected chi connectivity index (χ2v) is 7.08. The number of hydrogen-bond donors (Lipinski definition) is 1. The topological polar surface area (TPSA) is 28.7 Å². The molecular weight excluding hydrogens is 303 g/mol. The first kappa shape index (κ1) is 15.2. The summed E-state index contributed by atoms with van der Waals surface area (Å²) in [5.41, 5.74) is 1.92. The van der Waals surface area contributed by atoms with E-state index < -0.39 is 0 Å². The number of rotatable bonds is 4. The molecule has 21 heavy (non-hydrogen) atoms. The predicted octanol–water partition coefficient (Wildman–Crippen LogP) is 6.33. The van der Waals surface area contributed by atoms with Crippen molar-refractivity contribution in [2.24, 2.45) is 5.92 Å². The maximum atomic E-state index is 6.07. The molecule has 0 spiro atoms. The van der Waals surface area contributed by atoms with Gasteiger partial charge in [0.1, 0.15) is 5.82 Å². The van der Waals surface area contributed by atoms with E-state index in [1.807, 2.05) is 12.1 Å². The number of nitrogens with one attached hydrogen (secondary N) is 1. The highest BCUT2D eigenvalue weighted by Gasteiger charge is 2.24. The summed E-state index contributed by atoms with van der Waals surface area (Å²) < 4.78 is 0. The molecule has 0 saturated heterocycles. The quantitative estimate of drug-likeness (QED) is 0.698. The lowest BCUT2D eigenvalue weighted by molar-refractivity contribution is 0.299. The van der Waals surface area contributed by atoms with Gasteiger partial charge in [0.25, 0.3) is 0 Å². The molecule has 1 aromatic heterocycles. The van der Waals surface area contributed by atoms with Crippen LogP contribution in [0.15, 0.2) is 12.1 Å². The van der Waals surface area contributed by atoms with E-state index in [1.165, 1.54) is 44.9 Å². The van der Waals surface area contributed by atoms with Crippen LogP contribution in [-0.2, 0) is 0 Å². The molecule has 1 N–H and O–H groups in total. The number of benzene rings is 1. The molecule has 1 heterocycles. The molecule has 0 unspecified atom stereocenters. The van der Waals surface area contributed by atoms with Crippen LogP contribution in [0.1, 0.15) is 63.6 Å². The Hall–Kier alpha value is -0.730. The third-order valence-electron chi connectivity index (χ3n) is 4.74. The molecule has 2 nitrogen and oxygen atoms in total. The molecule has 1 aromatic carbocycles. The SMILES string of the molecule is CCCCC1CCC(c2nc3cc(Cl)c(Cl)cc3[nH]2)CC1. The van der Waals surface area contributed by atoms with Crippen molar-refractivity contribution in [3.63, 3.8) is 0 Å². The largest absolute Gasteiger partial charge is 0.342 e. The van der Waals surface area contributed by atoms with E-state index in [-0.39, 0.29) is 0 Å². The van der Waals surface area contributed by atoms with Crippen LogP contribution in [0.25, 0.3) is 11.0 Å². The zero-order valence-electron chi connectivity index (χ0n) is 12.5. The van der Waals surface area contributed by atoms with E-state index in [0.29, 0.717) is 16.0 Å². The van der Waals surface area contributed by atoms with E-state index >= 15 is 0 Å². The van der Waals surface area contributed by atoms with Gasteiger partial charge in [-0.15, -0.1) is 0 Å². The second-order valence-electron chi connectivity index (χ2n) is 6.27. The Morgan fingerprint density at radius 1 is 1.14 bits per heavy atom. The fraction of sp³-hybridized carbons (Fsp3) is 0.588. The van der Waals surface area contributed by atoms with Crippen molar-refractivity contribution in [1.82, 2.24) is 9.97 Å². The minimum Gasteiger partial charge on any atom is -0.342 e. The van der Waals surface area contributed by atoms with Crippen LogP contribution in [0, 0.1) is 5.92 Å². The molecule has 1 saturated carbocycles. The van der Waals surface area contributed by atoms with E-state index in [1.54, 1.807) is 0 Å². The van der Waals surface area contributed by atoms with Crippen LogP contribution in [0.2, 0.25) is 10.0 Å². The Bertz CT molecular complexity index is 574. The lowest BCUT2D eigenvalue weighted by Crippen LogP contribution is -2.14. The van der Waals surface area contributed by atoms with Gasteiger partial charge in [0.2, 0.25) is 0 Å². The smallest absolute Gasteiger partial charge is 0.110 e. The van der Waals surface area contributed by atoms with Crippen LogP contribution in [0.4, 0.5) is 0 Å². The number of imidazole rings is 1. The molecule has 0 radical (unpaired) electrons. The number of aromatic nitrogens is 2. The number of H-pyrrole nitrogens is 1. The second kappa shape index (κ2) is 6.58. The lowest BCUT2D eigenvalue weighted by Gasteiger charge is -2.27. The molecule has 0 amide bonds. The Balaban J connectivity index is 1.70. The molecular formula is C17H22Cl2N2. The van der Waals surface area contributed by atoms with Crippen molar-refractivity contribution >= 4 is 34.2 Å². The molecule has 0 atom stereocenters. The van der Waals surface area contributed by atoms with Gasteiger partial charge in [0, 0.05) is 5.92 Å². The van der Waals surface area contributed by atoms with Crippen molar-refractivity contribution in [3.05, 3.63) is 28.0 Å². The number of aromatic amines is 1. The Morgan fingerprint density at radius 3 is 2.57 bits per heavy atom. The summed E-state index contributed by atoms with van der Waals surface area (Å²) in [7, 11) is 0. The van der Waals surface area contributed by atoms with E-state index in [0.717, 1.165) is 22.8 Å². The first-order valence-corrected chi connectivity index (χ1v) is 8.77. The summed E-state index contributed by atoms with van der Waals surface area (Å²) in [6.45, 7) is 2.27. The maximum Gasteiger partial charge on any atom is 0.110 e. The maximum absolute atomic E-state index is 6.07. The van der Waals surface area contributed by atoms with Crippen LogP contribution in [0.5, 0.6) is 0 Å². The van der Waals surface area contributed by atoms with Gasteiger partial charge in [0.15, 0.2) is 0 Å². The molecule has 2 aromatic rings. The molecule has 4 heteroatoms. The monoisotopic (exact) mass is 324 g/mol. The van der Waals surface area contributed by atoms with Gasteiger partial charge in [-0.1, -0.05) is 49.4 Å². The fourth-order valence-corrected chi connectivity index (χ4v) is 3.76. The molecule has 1 aliphatic carbocycles. The van der Waals surface area contributed by atoms with Gasteiger partial charge in [-0.3, -0.25) is 0 Å². The average molecular weight is 325 g/mol. The third kappa shape index (κ3) is 3.37. The van der Waals surface area contributed by atoms with Crippen LogP contribution >= 0.6 is 23.2 Å². The van der Waals surface area contributed by atoms with Crippen molar-refractivity contribution < 1.29 is 0 Å². The van der Waals surface area contributed by atoms with Crippen molar-refractivity contribution in [2.75, 3.05) is 0 Å². The molecule has 1 aliphatic rings. The minimum absolute atomic E-state index is 0.563. The van der Waals surface area contributed by atoms with Gasteiger partial charge < -0.3 is 4.98 Å². The van der Waals surface area contributed by atoms with Crippen LogP contribution < -0.4 is 0 Å². The minimum atomic E-state index is 0.563. The van der Waals surface area contributed by atoms with Crippen molar-refractivity contribution in [3.8, 4) is 0 Å². The van der Waals surface area contributed by atoms with Gasteiger partial charge in [-0.25, -0.2) is 4.98 Å². The van der Waals surface area contributed by atoms with Gasteiger partial charge in [-0.05, 0) is 43.7 Å². The Morgan fingerprint density at radius 2 is 1.86 bits per heavy atom. The first-order chi connectivity index (χ1) is 10.2. The highest BCUT2D eigenvalue weighted by Crippen LogP contribution is 2.37. The predicted molar refractivity (Wildman–Crippen MR) is 90.3 cm³/mol. The van der Waals surface area contributed by atoms with Crippen LogP contribution in [0.3, 0.4) is 0 Å². The fourth-order valence-electron chi connectivity index (χ4n) is 3.44. The third-order valence-corrected chi connectivity index (χ3v) is 5.46. The lowest BCUT2D eigenvalue weighted by atomic mass is 9.79. The number of nitrogens with zero attached hydrogens (tertiary/aromatic N) is 1. The summed E-state index contributed by atoms with van der Waals surface area (Å²) in [6.07, 6.45) is 9.24. The Labute approximate surface area is 136 Å². The standard InChI is InChI=1S/C17H22Cl2N2/c1-2-3-4-11-5-7-12(8-6-11)17-20-15-9-13(18)14(19)10-16(15)21-17/h9-12H,2-8H2,1H3,(H,20,21). The molecule has 0 aliphatic heterocycles.